The third-order valence-electron chi connectivity index (χ3n) is 2.99. The Morgan fingerprint density at radius 3 is 2.80 bits per heavy atom. The van der Waals surface area contributed by atoms with E-state index in [4.69, 9.17) is 9.84 Å². The number of likely N-dealkylation sites (N-methyl/N-ethyl adjacent to an activating group) is 1. The lowest BCUT2D eigenvalue weighted by Gasteiger charge is -2.31. The first kappa shape index (κ1) is 16.7. The van der Waals surface area contributed by atoms with E-state index in [2.05, 4.69) is 34.7 Å². The third-order valence-corrected chi connectivity index (χ3v) is 3.48. The summed E-state index contributed by atoms with van der Waals surface area (Å²) in [6, 6.07) is 6.01. The predicted molar refractivity (Wildman–Crippen MR) is 85.2 cm³/mol. The molecule has 0 heterocycles. The summed E-state index contributed by atoms with van der Waals surface area (Å²) in [5, 5.41) is 8.78. The molecule has 5 heteroatoms. The van der Waals surface area contributed by atoms with Gasteiger partial charge < -0.3 is 14.7 Å². The minimum absolute atomic E-state index is 0.205. The van der Waals surface area contributed by atoms with Crippen molar-refractivity contribution in [2.24, 2.45) is 0 Å². The average molecular weight is 342 g/mol. The summed E-state index contributed by atoms with van der Waals surface area (Å²) in [7, 11) is 1.68. The maximum atomic E-state index is 10.7. The molecule has 1 rings (SSSR count). The highest BCUT2D eigenvalue weighted by atomic mass is 79.9. The summed E-state index contributed by atoms with van der Waals surface area (Å²) < 4.78 is 6.17. The van der Waals surface area contributed by atoms with E-state index in [1.807, 2.05) is 18.2 Å². The van der Waals surface area contributed by atoms with Gasteiger partial charge in [0.1, 0.15) is 0 Å². The number of aliphatic carboxylic acids is 1. The molecule has 0 bridgehead atoms. The number of benzene rings is 1. The molecule has 0 aromatic heterocycles. The van der Waals surface area contributed by atoms with Crippen LogP contribution in [0.5, 0.6) is 0 Å². The SMILES string of the molecule is CCN(c1cc(Br)ccc1C=CC(=O)O)C(C)COC. The first-order valence-electron chi connectivity index (χ1n) is 6.45. The molecule has 0 saturated carbocycles. The van der Waals surface area contributed by atoms with Crippen LogP contribution in [0.3, 0.4) is 0 Å². The highest BCUT2D eigenvalue weighted by Crippen LogP contribution is 2.28. The minimum atomic E-state index is -0.952. The van der Waals surface area contributed by atoms with E-state index < -0.39 is 5.97 Å². The second-order valence-electron chi connectivity index (χ2n) is 4.47. The molecule has 4 nitrogen and oxygen atoms in total. The van der Waals surface area contributed by atoms with Crippen LogP contribution in [-0.2, 0) is 9.53 Å². The van der Waals surface area contributed by atoms with Crippen LogP contribution in [0.4, 0.5) is 5.69 Å². The quantitative estimate of drug-likeness (QED) is 0.772. The number of hydrogen-bond acceptors (Lipinski definition) is 3. The van der Waals surface area contributed by atoms with Crippen molar-refractivity contribution in [1.82, 2.24) is 0 Å². The normalized spacial score (nSPS) is 12.6. The van der Waals surface area contributed by atoms with Crippen LogP contribution in [0.2, 0.25) is 0 Å². The molecule has 0 aliphatic carbocycles. The number of hydrogen-bond donors (Lipinski definition) is 1. The molecule has 0 saturated heterocycles. The number of carboxylic acid groups (broad SMARTS) is 1. The first-order chi connectivity index (χ1) is 9.49. The third kappa shape index (κ3) is 4.65. The van der Waals surface area contributed by atoms with Gasteiger partial charge in [0, 0.05) is 35.9 Å². The van der Waals surface area contributed by atoms with Crippen molar-refractivity contribution >= 4 is 33.7 Å². The van der Waals surface area contributed by atoms with E-state index in [1.165, 1.54) is 0 Å². The number of methoxy groups -OCH3 is 1. The molecule has 0 aliphatic heterocycles. The van der Waals surface area contributed by atoms with Crippen molar-refractivity contribution in [2.45, 2.75) is 19.9 Å². The fraction of sp³-hybridized carbons (Fsp3) is 0.400. The van der Waals surface area contributed by atoms with Crippen molar-refractivity contribution in [3.8, 4) is 0 Å². The summed E-state index contributed by atoms with van der Waals surface area (Å²) in [5.41, 5.74) is 1.87. The molecule has 1 aromatic carbocycles. The molecule has 1 unspecified atom stereocenters. The fourth-order valence-corrected chi connectivity index (χ4v) is 2.47. The molecule has 110 valence electrons. The van der Waals surface area contributed by atoms with E-state index in [9.17, 15) is 4.79 Å². The van der Waals surface area contributed by atoms with E-state index in [1.54, 1.807) is 13.2 Å². The smallest absolute Gasteiger partial charge is 0.328 e. The van der Waals surface area contributed by atoms with Gasteiger partial charge in [-0.15, -0.1) is 0 Å². The van der Waals surface area contributed by atoms with E-state index in [-0.39, 0.29) is 6.04 Å². The van der Waals surface area contributed by atoms with Crippen molar-refractivity contribution in [3.63, 3.8) is 0 Å². The van der Waals surface area contributed by atoms with Crippen LogP contribution in [0.15, 0.2) is 28.7 Å². The molecular weight excluding hydrogens is 322 g/mol. The second-order valence-corrected chi connectivity index (χ2v) is 5.38. The number of halogens is 1. The zero-order valence-electron chi connectivity index (χ0n) is 12.0. The molecule has 0 amide bonds. The molecule has 0 radical (unpaired) electrons. The van der Waals surface area contributed by atoms with Gasteiger partial charge in [-0.3, -0.25) is 0 Å². The van der Waals surface area contributed by atoms with Gasteiger partial charge in [-0.25, -0.2) is 4.79 Å². The largest absolute Gasteiger partial charge is 0.478 e. The summed E-state index contributed by atoms with van der Waals surface area (Å²) in [5.74, 6) is -0.952. The van der Waals surface area contributed by atoms with Crippen molar-refractivity contribution < 1.29 is 14.6 Å². The van der Waals surface area contributed by atoms with Gasteiger partial charge in [0.25, 0.3) is 0 Å². The summed E-state index contributed by atoms with van der Waals surface area (Å²) in [4.78, 5) is 12.9. The molecule has 1 aromatic rings. The van der Waals surface area contributed by atoms with Gasteiger partial charge in [0.15, 0.2) is 0 Å². The number of nitrogens with zero attached hydrogens (tertiary/aromatic N) is 1. The van der Waals surface area contributed by atoms with Crippen molar-refractivity contribution in [2.75, 3.05) is 25.2 Å². The van der Waals surface area contributed by atoms with Crippen molar-refractivity contribution in [3.05, 3.63) is 34.3 Å². The molecule has 20 heavy (non-hydrogen) atoms. The second kappa shape index (κ2) is 8.07. The number of rotatable bonds is 7. The molecule has 0 spiro atoms. The summed E-state index contributed by atoms with van der Waals surface area (Å²) in [6.45, 7) is 5.58. The van der Waals surface area contributed by atoms with Crippen LogP contribution in [0.1, 0.15) is 19.4 Å². The number of ether oxygens (including phenoxy) is 1. The highest BCUT2D eigenvalue weighted by Gasteiger charge is 2.15. The lowest BCUT2D eigenvalue weighted by atomic mass is 10.1. The Morgan fingerprint density at radius 2 is 2.25 bits per heavy atom. The average Bonchev–Trinajstić information content (AvgIpc) is 2.38. The Labute approximate surface area is 128 Å². The van der Waals surface area contributed by atoms with Crippen LogP contribution < -0.4 is 4.90 Å². The number of carboxylic acids is 1. The number of carbonyl (C=O) groups is 1. The lowest BCUT2D eigenvalue weighted by molar-refractivity contribution is -0.131. The van der Waals surface area contributed by atoms with Crippen LogP contribution in [0.25, 0.3) is 6.08 Å². The highest BCUT2D eigenvalue weighted by molar-refractivity contribution is 9.10. The standard InChI is InChI=1S/C15H20BrNO3/c1-4-17(11(2)10-20-3)14-9-13(16)7-5-12(14)6-8-15(18)19/h5-9,11H,4,10H2,1-3H3,(H,18,19). The summed E-state index contributed by atoms with van der Waals surface area (Å²) in [6.07, 6.45) is 2.77. The maximum absolute atomic E-state index is 10.7. The first-order valence-corrected chi connectivity index (χ1v) is 7.25. The minimum Gasteiger partial charge on any atom is -0.478 e. The topological polar surface area (TPSA) is 49.8 Å². The Hall–Kier alpha value is -1.33. The predicted octanol–water partition coefficient (Wildman–Crippen LogP) is 3.41. The zero-order valence-corrected chi connectivity index (χ0v) is 13.6. The zero-order chi connectivity index (χ0) is 15.1. The fourth-order valence-electron chi connectivity index (χ4n) is 2.12. The lowest BCUT2D eigenvalue weighted by Crippen LogP contribution is -2.36. The molecular formula is C15H20BrNO3. The maximum Gasteiger partial charge on any atom is 0.328 e. The van der Waals surface area contributed by atoms with Crippen LogP contribution >= 0.6 is 15.9 Å². The Kier molecular flexibility index (Phi) is 6.75. The van der Waals surface area contributed by atoms with E-state index >= 15 is 0 Å². The van der Waals surface area contributed by atoms with Crippen molar-refractivity contribution in [1.29, 1.82) is 0 Å². The van der Waals surface area contributed by atoms with Gasteiger partial charge in [-0.05, 0) is 37.6 Å². The monoisotopic (exact) mass is 341 g/mol. The van der Waals surface area contributed by atoms with Gasteiger partial charge >= 0.3 is 5.97 Å². The van der Waals surface area contributed by atoms with Crippen LogP contribution in [-0.4, -0.2) is 37.4 Å². The van der Waals surface area contributed by atoms with E-state index in [0.717, 1.165) is 28.3 Å². The Morgan fingerprint density at radius 1 is 1.55 bits per heavy atom. The Balaban J connectivity index is 3.18. The van der Waals surface area contributed by atoms with Gasteiger partial charge in [-0.1, -0.05) is 22.0 Å². The van der Waals surface area contributed by atoms with Gasteiger partial charge in [0.05, 0.1) is 6.61 Å². The molecule has 0 fully saturated rings. The van der Waals surface area contributed by atoms with Gasteiger partial charge in [0.2, 0.25) is 0 Å². The Bertz CT molecular complexity index is 488. The van der Waals surface area contributed by atoms with E-state index in [0.29, 0.717) is 6.61 Å². The van der Waals surface area contributed by atoms with Crippen LogP contribution in [0, 0.1) is 0 Å². The molecule has 0 aliphatic rings. The molecule has 1 atom stereocenters. The number of anilines is 1. The van der Waals surface area contributed by atoms with Gasteiger partial charge in [-0.2, -0.15) is 0 Å². The molecule has 1 N–H and O–H groups in total. The summed E-state index contributed by atoms with van der Waals surface area (Å²) >= 11 is 3.46.